The maximum absolute atomic E-state index is 12.5. The minimum Gasteiger partial charge on any atom is -0.369 e. The number of benzene rings is 1. The van der Waals surface area contributed by atoms with Crippen molar-refractivity contribution in [3.8, 4) is 0 Å². The number of fused-ring (bicyclic) bond motifs is 1. The Labute approximate surface area is 130 Å². The van der Waals surface area contributed by atoms with Gasteiger partial charge in [-0.1, -0.05) is 12.1 Å². The van der Waals surface area contributed by atoms with Crippen LogP contribution in [0.4, 0.5) is 11.4 Å². The van der Waals surface area contributed by atoms with Crippen molar-refractivity contribution >= 4 is 23.2 Å². The van der Waals surface area contributed by atoms with E-state index in [1.165, 1.54) is 0 Å². The van der Waals surface area contributed by atoms with Crippen molar-refractivity contribution in [2.75, 3.05) is 44.4 Å². The molecule has 0 aliphatic carbocycles. The third-order valence-corrected chi connectivity index (χ3v) is 4.41. The summed E-state index contributed by atoms with van der Waals surface area (Å²) in [6.07, 6.45) is 1.26. The molecule has 2 aliphatic heterocycles. The summed E-state index contributed by atoms with van der Waals surface area (Å²) in [6, 6.07) is 7.72. The molecule has 6 nitrogen and oxygen atoms in total. The zero-order valence-electron chi connectivity index (χ0n) is 13.1. The number of likely N-dealkylation sites (tertiary alicyclic amines) is 1. The molecule has 1 spiro atoms. The van der Waals surface area contributed by atoms with E-state index in [2.05, 4.69) is 10.6 Å². The molecule has 118 valence electrons. The average molecular weight is 302 g/mol. The monoisotopic (exact) mass is 302 g/mol. The van der Waals surface area contributed by atoms with Gasteiger partial charge in [0.1, 0.15) is 5.54 Å². The molecule has 0 unspecified atom stereocenters. The summed E-state index contributed by atoms with van der Waals surface area (Å²) in [7, 11) is 3.77. The maximum Gasteiger partial charge on any atom is 0.250 e. The molecule has 0 atom stereocenters. The first kappa shape index (κ1) is 14.8. The van der Waals surface area contributed by atoms with Crippen LogP contribution in [0.25, 0.3) is 0 Å². The van der Waals surface area contributed by atoms with Gasteiger partial charge in [-0.25, -0.2) is 0 Å². The Morgan fingerprint density at radius 2 is 1.86 bits per heavy atom. The van der Waals surface area contributed by atoms with E-state index in [1.807, 2.05) is 48.2 Å². The highest BCUT2D eigenvalue weighted by atomic mass is 16.2. The lowest BCUT2D eigenvalue weighted by atomic mass is 9.84. The highest BCUT2D eigenvalue weighted by molar-refractivity contribution is 6.06. The van der Waals surface area contributed by atoms with Gasteiger partial charge in [0.25, 0.3) is 0 Å². The van der Waals surface area contributed by atoms with Gasteiger partial charge in [-0.05, 0) is 39.1 Å². The molecule has 0 saturated carbocycles. The average Bonchev–Trinajstić information content (AvgIpc) is 2.48. The minimum absolute atomic E-state index is 0.00547. The second kappa shape index (κ2) is 5.61. The highest BCUT2D eigenvalue weighted by Crippen LogP contribution is 2.36. The molecule has 2 aliphatic rings. The van der Waals surface area contributed by atoms with E-state index in [0.29, 0.717) is 32.5 Å². The fraction of sp³-hybridized carbons (Fsp3) is 0.500. The molecule has 1 fully saturated rings. The van der Waals surface area contributed by atoms with Crippen LogP contribution in [0.3, 0.4) is 0 Å². The summed E-state index contributed by atoms with van der Waals surface area (Å²) in [6.45, 7) is 1.62. The molecule has 1 saturated heterocycles. The Kier molecular flexibility index (Phi) is 3.78. The molecule has 2 N–H and O–H groups in total. The number of anilines is 2. The van der Waals surface area contributed by atoms with Crippen LogP contribution < -0.4 is 10.6 Å². The summed E-state index contributed by atoms with van der Waals surface area (Å²) in [5.41, 5.74) is 1.18. The van der Waals surface area contributed by atoms with Crippen molar-refractivity contribution in [1.29, 1.82) is 0 Å². The molecule has 6 heteroatoms. The highest BCUT2D eigenvalue weighted by Gasteiger charge is 2.44. The molecule has 1 aromatic rings. The number of carbonyl (C=O) groups excluding carboxylic acids is 2. The molecule has 2 amide bonds. The fourth-order valence-electron chi connectivity index (χ4n) is 3.12. The summed E-state index contributed by atoms with van der Waals surface area (Å²) in [4.78, 5) is 28.3. The van der Waals surface area contributed by atoms with Gasteiger partial charge in [-0.3, -0.25) is 9.59 Å². The van der Waals surface area contributed by atoms with Crippen LogP contribution in [0.5, 0.6) is 0 Å². The predicted molar refractivity (Wildman–Crippen MR) is 85.8 cm³/mol. The number of nitrogens with zero attached hydrogens (tertiary/aromatic N) is 2. The maximum atomic E-state index is 12.5. The van der Waals surface area contributed by atoms with Crippen LogP contribution >= 0.6 is 0 Å². The van der Waals surface area contributed by atoms with Crippen molar-refractivity contribution < 1.29 is 9.59 Å². The summed E-state index contributed by atoms with van der Waals surface area (Å²) in [5, 5.41) is 6.39. The van der Waals surface area contributed by atoms with Gasteiger partial charge in [0, 0.05) is 13.1 Å². The van der Waals surface area contributed by atoms with Crippen LogP contribution in [0.15, 0.2) is 24.3 Å². The number of hydrogen-bond acceptors (Lipinski definition) is 4. The standard InChI is InChI=1S/C16H22N4O2/c1-19(2)11-14(21)20-9-7-16(8-10-20)15(22)17-12-5-3-4-6-13(12)18-16/h3-6,18H,7-11H2,1-2H3,(H,17,22). The van der Waals surface area contributed by atoms with Crippen LogP contribution in [0.1, 0.15) is 12.8 Å². The number of amides is 2. The topological polar surface area (TPSA) is 64.7 Å². The number of hydrogen-bond donors (Lipinski definition) is 2. The van der Waals surface area contributed by atoms with Crippen LogP contribution in [0, 0.1) is 0 Å². The molecule has 3 rings (SSSR count). The van der Waals surface area contributed by atoms with Crippen LogP contribution in [-0.4, -0.2) is 60.9 Å². The Balaban J connectivity index is 1.70. The summed E-state index contributed by atoms with van der Waals surface area (Å²) < 4.78 is 0. The normalized spacial score (nSPS) is 19.6. The van der Waals surface area contributed by atoms with Crippen molar-refractivity contribution in [3.05, 3.63) is 24.3 Å². The lowest BCUT2D eigenvalue weighted by Crippen LogP contribution is -2.59. The number of likely N-dealkylation sites (N-methyl/N-ethyl adjacent to an activating group) is 1. The first-order valence-electron chi connectivity index (χ1n) is 7.61. The Hall–Kier alpha value is -2.08. The first-order valence-corrected chi connectivity index (χ1v) is 7.61. The van der Waals surface area contributed by atoms with Crippen LogP contribution in [0.2, 0.25) is 0 Å². The minimum atomic E-state index is -0.594. The molecular formula is C16H22N4O2. The van der Waals surface area contributed by atoms with Crippen molar-refractivity contribution in [1.82, 2.24) is 9.80 Å². The second-order valence-electron chi connectivity index (χ2n) is 6.33. The summed E-state index contributed by atoms with van der Waals surface area (Å²) in [5.74, 6) is 0.127. The third kappa shape index (κ3) is 2.66. The summed E-state index contributed by atoms with van der Waals surface area (Å²) >= 11 is 0. The van der Waals surface area contributed by atoms with E-state index in [9.17, 15) is 9.59 Å². The number of para-hydroxylation sites is 2. The molecule has 22 heavy (non-hydrogen) atoms. The van der Waals surface area contributed by atoms with Gasteiger partial charge in [0.15, 0.2) is 0 Å². The largest absolute Gasteiger partial charge is 0.369 e. The van der Waals surface area contributed by atoms with E-state index >= 15 is 0 Å². The molecule has 2 heterocycles. The van der Waals surface area contributed by atoms with Gasteiger partial charge in [0.2, 0.25) is 11.8 Å². The second-order valence-corrected chi connectivity index (χ2v) is 6.33. The van der Waals surface area contributed by atoms with E-state index in [-0.39, 0.29) is 11.8 Å². The lowest BCUT2D eigenvalue weighted by molar-refractivity contribution is -0.135. The van der Waals surface area contributed by atoms with E-state index in [4.69, 9.17) is 0 Å². The SMILES string of the molecule is CN(C)CC(=O)N1CCC2(CC1)Nc1ccccc1NC2=O. The van der Waals surface area contributed by atoms with Crippen molar-refractivity contribution in [3.63, 3.8) is 0 Å². The molecule has 1 aromatic carbocycles. The Morgan fingerprint density at radius 3 is 2.50 bits per heavy atom. The molecule has 0 bridgehead atoms. The van der Waals surface area contributed by atoms with Gasteiger partial charge < -0.3 is 20.4 Å². The van der Waals surface area contributed by atoms with Crippen molar-refractivity contribution in [2.45, 2.75) is 18.4 Å². The molecule has 0 aromatic heterocycles. The zero-order chi connectivity index (χ0) is 15.7. The number of nitrogens with one attached hydrogen (secondary N) is 2. The zero-order valence-corrected chi connectivity index (χ0v) is 13.1. The van der Waals surface area contributed by atoms with E-state index in [0.717, 1.165) is 11.4 Å². The Morgan fingerprint density at radius 1 is 1.23 bits per heavy atom. The van der Waals surface area contributed by atoms with Gasteiger partial charge in [0.05, 0.1) is 17.9 Å². The smallest absolute Gasteiger partial charge is 0.250 e. The number of piperidine rings is 1. The fourth-order valence-corrected chi connectivity index (χ4v) is 3.12. The molecular weight excluding hydrogens is 280 g/mol. The third-order valence-electron chi connectivity index (χ3n) is 4.41. The number of rotatable bonds is 2. The van der Waals surface area contributed by atoms with Gasteiger partial charge in [-0.15, -0.1) is 0 Å². The quantitative estimate of drug-likeness (QED) is 0.854. The van der Waals surface area contributed by atoms with Crippen molar-refractivity contribution in [2.24, 2.45) is 0 Å². The molecule has 0 radical (unpaired) electrons. The Bertz CT molecular complexity index is 592. The van der Waals surface area contributed by atoms with E-state index in [1.54, 1.807) is 0 Å². The van der Waals surface area contributed by atoms with Gasteiger partial charge >= 0.3 is 0 Å². The van der Waals surface area contributed by atoms with Crippen LogP contribution in [-0.2, 0) is 9.59 Å². The predicted octanol–water partition coefficient (Wildman–Crippen LogP) is 0.973. The number of carbonyl (C=O) groups is 2. The van der Waals surface area contributed by atoms with Gasteiger partial charge in [-0.2, -0.15) is 0 Å². The first-order chi connectivity index (χ1) is 10.5. The van der Waals surface area contributed by atoms with E-state index < -0.39 is 5.54 Å². The lowest BCUT2D eigenvalue weighted by Gasteiger charge is -2.44.